The van der Waals surface area contributed by atoms with E-state index in [0.29, 0.717) is 22.6 Å². The largest absolute Gasteiger partial charge is 0.506 e. The molecule has 0 saturated heterocycles. The Morgan fingerprint density at radius 3 is 2.78 bits per heavy atom. The van der Waals surface area contributed by atoms with Crippen LogP contribution in [0, 0.1) is 6.92 Å². The number of pyridine rings is 1. The number of aromatic nitrogens is 2. The predicted molar refractivity (Wildman–Crippen MR) is 90.4 cm³/mol. The van der Waals surface area contributed by atoms with Crippen molar-refractivity contribution in [3.05, 3.63) is 51.3 Å². The molecule has 0 saturated carbocycles. The smallest absolute Gasteiger partial charge is 0.267 e. The number of para-hydroxylation sites is 1. The first-order chi connectivity index (χ1) is 11.0. The van der Waals surface area contributed by atoms with Crippen LogP contribution in [0.15, 0.2) is 34.4 Å². The van der Waals surface area contributed by atoms with Crippen LogP contribution in [0.3, 0.4) is 0 Å². The van der Waals surface area contributed by atoms with E-state index in [-0.39, 0.29) is 11.3 Å². The zero-order valence-electron chi connectivity index (χ0n) is 12.7. The number of hydrogen-bond acceptors (Lipinski definition) is 5. The summed E-state index contributed by atoms with van der Waals surface area (Å²) in [6, 6.07) is 6.95. The molecule has 23 heavy (non-hydrogen) atoms. The summed E-state index contributed by atoms with van der Waals surface area (Å²) in [5.41, 5.74) is 0.589. The number of benzene rings is 1. The van der Waals surface area contributed by atoms with Gasteiger partial charge in [0.05, 0.1) is 11.2 Å². The minimum absolute atomic E-state index is 0.265. The third-order valence-electron chi connectivity index (χ3n) is 3.53. The molecule has 3 aromatic rings. The van der Waals surface area contributed by atoms with Gasteiger partial charge in [0.15, 0.2) is 5.13 Å². The lowest BCUT2D eigenvalue weighted by Gasteiger charge is -2.13. The maximum Gasteiger partial charge on any atom is 0.267 e. The number of nitrogens with one attached hydrogen (secondary N) is 1. The highest BCUT2D eigenvalue weighted by Gasteiger charge is 2.22. The highest BCUT2D eigenvalue weighted by atomic mass is 32.1. The van der Waals surface area contributed by atoms with Crippen LogP contribution in [0.25, 0.3) is 10.9 Å². The topological polar surface area (TPSA) is 84.2 Å². The van der Waals surface area contributed by atoms with E-state index in [9.17, 15) is 14.7 Å². The second kappa shape index (κ2) is 5.85. The van der Waals surface area contributed by atoms with Gasteiger partial charge in [-0.1, -0.05) is 12.1 Å². The summed E-state index contributed by atoms with van der Waals surface area (Å²) >= 11 is 1.26. The highest BCUT2D eigenvalue weighted by Crippen LogP contribution is 2.27. The maximum absolute atomic E-state index is 12.6. The number of aryl methyl sites for hydroxylation is 2. The molecule has 0 aliphatic carbocycles. The Bertz CT molecular complexity index is 959. The molecule has 1 aromatic carbocycles. The standard InChI is InChI=1S/C16H15N3O3S/c1-3-19-11-7-5-4-6-10(11)13(20)12(15(19)22)14(21)18-16-17-9(2)8-23-16/h4-8,20H,3H2,1-2H3,(H,17,18,21). The Kier molecular flexibility index (Phi) is 3.87. The molecular weight excluding hydrogens is 314 g/mol. The van der Waals surface area contributed by atoms with Gasteiger partial charge in [-0.3, -0.25) is 14.9 Å². The van der Waals surface area contributed by atoms with Crippen LogP contribution in [-0.4, -0.2) is 20.6 Å². The van der Waals surface area contributed by atoms with Crippen molar-refractivity contribution in [2.45, 2.75) is 20.4 Å². The van der Waals surface area contributed by atoms with Crippen LogP contribution in [0.4, 0.5) is 5.13 Å². The van der Waals surface area contributed by atoms with Gasteiger partial charge in [-0.25, -0.2) is 4.98 Å². The average molecular weight is 329 g/mol. The van der Waals surface area contributed by atoms with E-state index in [1.54, 1.807) is 29.6 Å². The van der Waals surface area contributed by atoms with Crippen molar-refractivity contribution in [3.8, 4) is 5.75 Å². The molecule has 0 unspecified atom stereocenters. The molecule has 2 aromatic heterocycles. The van der Waals surface area contributed by atoms with Gasteiger partial charge in [0, 0.05) is 17.3 Å². The van der Waals surface area contributed by atoms with Crippen LogP contribution in [0.1, 0.15) is 23.0 Å². The molecule has 0 spiro atoms. The molecule has 0 aliphatic heterocycles. The first-order valence-electron chi connectivity index (χ1n) is 7.11. The van der Waals surface area contributed by atoms with Crippen LogP contribution < -0.4 is 10.9 Å². The third kappa shape index (κ3) is 2.59. The van der Waals surface area contributed by atoms with E-state index in [4.69, 9.17) is 0 Å². The first-order valence-corrected chi connectivity index (χ1v) is 7.99. The van der Waals surface area contributed by atoms with Crippen molar-refractivity contribution in [1.29, 1.82) is 0 Å². The number of fused-ring (bicyclic) bond motifs is 1. The maximum atomic E-state index is 12.6. The number of amides is 1. The SMILES string of the molecule is CCn1c(=O)c(C(=O)Nc2nc(C)cs2)c(O)c2ccccc21. The number of anilines is 1. The Hall–Kier alpha value is -2.67. The fourth-order valence-corrected chi connectivity index (χ4v) is 3.16. The van der Waals surface area contributed by atoms with Crippen LogP contribution in [-0.2, 0) is 6.54 Å². The molecule has 0 aliphatic rings. The third-order valence-corrected chi connectivity index (χ3v) is 4.40. The summed E-state index contributed by atoms with van der Waals surface area (Å²) in [5.74, 6) is -0.962. The minimum Gasteiger partial charge on any atom is -0.506 e. The molecule has 2 heterocycles. The van der Waals surface area contributed by atoms with Crippen LogP contribution in [0.5, 0.6) is 5.75 Å². The molecule has 1 amide bonds. The predicted octanol–water partition coefficient (Wildman–Crippen LogP) is 2.74. The molecular formula is C16H15N3O3S. The summed E-state index contributed by atoms with van der Waals surface area (Å²) < 4.78 is 1.47. The normalized spacial score (nSPS) is 10.9. The number of carbonyl (C=O) groups excluding carboxylic acids is 1. The number of nitrogens with zero attached hydrogens (tertiary/aromatic N) is 2. The van der Waals surface area contributed by atoms with Crippen molar-refractivity contribution >= 4 is 33.3 Å². The van der Waals surface area contributed by atoms with Crippen LogP contribution in [0.2, 0.25) is 0 Å². The fraction of sp³-hybridized carbons (Fsp3) is 0.188. The number of hydrogen-bond donors (Lipinski definition) is 2. The molecule has 0 radical (unpaired) electrons. The van der Waals surface area contributed by atoms with Crippen LogP contribution >= 0.6 is 11.3 Å². The summed E-state index contributed by atoms with van der Waals surface area (Å²) in [6.45, 7) is 4.02. The quantitative estimate of drug-likeness (QED) is 0.774. The Morgan fingerprint density at radius 1 is 1.39 bits per heavy atom. The molecule has 118 valence electrons. The van der Waals surface area contributed by atoms with Gasteiger partial charge in [0.2, 0.25) is 0 Å². The average Bonchev–Trinajstić information content (AvgIpc) is 2.93. The van der Waals surface area contributed by atoms with Gasteiger partial charge in [0.25, 0.3) is 11.5 Å². The Balaban J connectivity index is 2.17. The minimum atomic E-state index is -0.658. The van der Waals surface area contributed by atoms with Crippen molar-refractivity contribution in [3.63, 3.8) is 0 Å². The zero-order valence-corrected chi connectivity index (χ0v) is 13.5. The highest BCUT2D eigenvalue weighted by molar-refractivity contribution is 7.13. The van der Waals surface area contributed by atoms with Gasteiger partial charge in [-0.2, -0.15) is 0 Å². The second-order valence-electron chi connectivity index (χ2n) is 5.04. The monoisotopic (exact) mass is 329 g/mol. The van der Waals surface area contributed by atoms with Gasteiger partial charge < -0.3 is 9.67 Å². The van der Waals surface area contributed by atoms with Crippen molar-refractivity contribution in [2.24, 2.45) is 0 Å². The second-order valence-corrected chi connectivity index (χ2v) is 5.90. The van der Waals surface area contributed by atoms with Gasteiger partial charge in [0.1, 0.15) is 11.3 Å². The summed E-state index contributed by atoms with van der Waals surface area (Å²) in [4.78, 5) is 29.2. The van der Waals surface area contributed by atoms with E-state index in [2.05, 4.69) is 10.3 Å². The van der Waals surface area contributed by atoms with Crippen molar-refractivity contribution in [1.82, 2.24) is 9.55 Å². The van der Waals surface area contributed by atoms with Gasteiger partial charge in [-0.15, -0.1) is 11.3 Å². The first kappa shape index (κ1) is 15.2. The van der Waals surface area contributed by atoms with E-state index >= 15 is 0 Å². The summed E-state index contributed by atoms with van der Waals surface area (Å²) in [7, 11) is 0. The van der Waals surface area contributed by atoms with E-state index in [1.807, 2.05) is 13.8 Å². The lowest BCUT2D eigenvalue weighted by Crippen LogP contribution is -2.29. The molecule has 6 nitrogen and oxygen atoms in total. The summed E-state index contributed by atoms with van der Waals surface area (Å²) in [6.07, 6.45) is 0. The number of aromatic hydroxyl groups is 1. The lowest BCUT2D eigenvalue weighted by molar-refractivity contribution is 0.102. The molecule has 0 fully saturated rings. The summed E-state index contributed by atoms with van der Waals surface area (Å²) in [5, 5.41) is 15.6. The molecule has 0 atom stereocenters. The molecule has 3 rings (SSSR count). The molecule has 0 bridgehead atoms. The zero-order chi connectivity index (χ0) is 16.6. The lowest BCUT2D eigenvalue weighted by atomic mass is 10.1. The van der Waals surface area contributed by atoms with Gasteiger partial charge >= 0.3 is 0 Å². The fourth-order valence-electron chi connectivity index (χ4n) is 2.48. The van der Waals surface area contributed by atoms with E-state index in [1.165, 1.54) is 15.9 Å². The van der Waals surface area contributed by atoms with E-state index < -0.39 is 11.5 Å². The Morgan fingerprint density at radius 2 is 2.13 bits per heavy atom. The number of rotatable bonds is 3. The van der Waals surface area contributed by atoms with Crippen molar-refractivity contribution in [2.75, 3.05) is 5.32 Å². The van der Waals surface area contributed by atoms with E-state index in [0.717, 1.165) is 5.69 Å². The number of carbonyl (C=O) groups is 1. The van der Waals surface area contributed by atoms with Gasteiger partial charge in [-0.05, 0) is 26.0 Å². The molecule has 2 N–H and O–H groups in total. The van der Waals surface area contributed by atoms with Crippen molar-refractivity contribution < 1.29 is 9.90 Å². The Labute approximate surface area is 136 Å². The molecule has 7 heteroatoms. The number of thiazole rings is 1.